The molecule has 13 heavy (non-hydrogen) atoms. The molecule has 1 aromatic rings. The number of Topliss-reactive ketones (excluding diaryl/α,β-unsaturated/α-hetero) is 1. The molecule has 3 nitrogen and oxygen atoms in total. The molecular formula is C8H6Cl2O3. The number of hydrogen-bond donors (Lipinski definition) is 2. The lowest BCUT2D eigenvalue weighted by molar-refractivity contribution is 0.100. The molecular weight excluding hydrogens is 215 g/mol. The number of alkyl halides is 2. The van der Waals surface area contributed by atoms with Crippen LogP contribution in [0.15, 0.2) is 18.2 Å². The molecule has 0 aromatic heterocycles. The summed E-state index contributed by atoms with van der Waals surface area (Å²) >= 11 is 10.6. The van der Waals surface area contributed by atoms with E-state index in [9.17, 15) is 9.90 Å². The van der Waals surface area contributed by atoms with Crippen molar-refractivity contribution >= 4 is 29.0 Å². The molecule has 0 aliphatic heterocycles. The smallest absolute Gasteiger partial charge is 0.199 e. The fourth-order valence-electron chi connectivity index (χ4n) is 0.846. The zero-order chi connectivity index (χ0) is 10.0. The van der Waals surface area contributed by atoms with Gasteiger partial charge in [0, 0.05) is 6.07 Å². The Hall–Kier alpha value is -0.930. The average molecular weight is 221 g/mol. The van der Waals surface area contributed by atoms with E-state index in [2.05, 4.69) is 0 Å². The van der Waals surface area contributed by atoms with Gasteiger partial charge in [-0.2, -0.15) is 0 Å². The molecule has 0 amide bonds. The van der Waals surface area contributed by atoms with Crippen molar-refractivity contribution in [1.82, 2.24) is 0 Å². The number of hydrogen-bond acceptors (Lipinski definition) is 3. The molecule has 0 radical (unpaired) electrons. The first-order valence-electron chi connectivity index (χ1n) is 3.36. The Labute approximate surface area is 84.5 Å². The Bertz CT molecular complexity index is 336. The van der Waals surface area contributed by atoms with Gasteiger partial charge in [0.25, 0.3) is 0 Å². The van der Waals surface area contributed by atoms with Crippen LogP contribution in [0.3, 0.4) is 0 Å². The molecule has 2 N–H and O–H groups in total. The number of halogens is 2. The van der Waals surface area contributed by atoms with Gasteiger partial charge in [0.2, 0.25) is 0 Å². The standard InChI is InChI=1S/C8H6Cl2O3/c9-8(10)7(13)5-2-1-4(11)3-6(5)12/h1-3,8,11-12H. The van der Waals surface area contributed by atoms with Gasteiger partial charge in [0.15, 0.2) is 10.6 Å². The van der Waals surface area contributed by atoms with E-state index in [0.29, 0.717) is 0 Å². The molecule has 1 aromatic carbocycles. The quantitative estimate of drug-likeness (QED) is 0.593. The third kappa shape index (κ3) is 2.26. The SMILES string of the molecule is O=C(c1ccc(O)cc1O)C(Cl)Cl. The fourth-order valence-corrected chi connectivity index (χ4v) is 1.08. The van der Waals surface area contributed by atoms with Crippen LogP contribution in [-0.4, -0.2) is 20.8 Å². The van der Waals surface area contributed by atoms with Crippen molar-refractivity contribution in [3.63, 3.8) is 0 Å². The van der Waals surface area contributed by atoms with E-state index < -0.39 is 10.6 Å². The van der Waals surface area contributed by atoms with Gasteiger partial charge < -0.3 is 10.2 Å². The molecule has 0 saturated carbocycles. The molecule has 0 saturated heterocycles. The molecule has 0 spiro atoms. The van der Waals surface area contributed by atoms with Crippen molar-refractivity contribution < 1.29 is 15.0 Å². The molecule has 0 unspecified atom stereocenters. The highest BCUT2D eigenvalue weighted by Gasteiger charge is 2.17. The van der Waals surface area contributed by atoms with E-state index in [1.807, 2.05) is 0 Å². The predicted molar refractivity (Wildman–Crippen MR) is 49.6 cm³/mol. The van der Waals surface area contributed by atoms with Gasteiger partial charge in [-0.3, -0.25) is 4.79 Å². The predicted octanol–water partition coefficient (Wildman–Crippen LogP) is 2.08. The summed E-state index contributed by atoms with van der Waals surface area (Å²) in [5.74, 6) is -1.06. The Kier molecular flexibility index (Phi) is 3.01. The zero-order valence-electron chi connectivity index (χ0n) is 6.37. The first kappa shape index (κ1) is 10.2. The molecule has 5 heteroatoms. The van der Waals surface area contributed by atoms with Gasteiger partial charge >= 0.3 is 0 Å². The highest BCUT2D eigenvalue weighted by molar-refractivity contribution is 6.55. The van der Waals surface area contributed by atoms with Crippen LogP contribution in [0.4, 0.5) is 0 Å². The summed E-state index contributed by atoms with van der Waals surface area (Å²) in [6.45, 7) is 0. The molecule has 0 bridgehead atoms. The minimum Gasteiger partial charge on any atom is -0.508 e. The van der Waals surface area contributed by atoms with E-state index in [-0.39, 0.29) is 17.1 Å². The summed E-state index contributed by atoms with van der Waals surface area (Å²) in [7, 11) is 0. The second kappa shape index (κ2) is 3.85. The van der Waals surface area contributed by atoms with Gasteiger partial charge in [-0.25, -0.2) is 0 Å². The Morgan fingerprint density at radius 2 is 1.92 bits per heavy atom. The van der Waals surface area contributed by atoms with Crippen molar-refractivity contribution in [2.45, 2.75) is 4.84 Å². The molecule has 0 heterocycles. The Morgan fingerprint density at radius 3 is 2.38 bits per heavy atom. The van der Waals surface area contributed by atoms with E-state index in [4.69, 9.17) is 28.3 Å². The third-order valence-corrected chi connectivity index (χ3v) is 1.84. The minimum atomic E-state index is -1.21. The summed E-state index contributed by atoms with van der Waals surface area (Å²) in [6.07, 6.45) is 0. The maximum atomic E-state index is 11.2. The highest BCUT2D eigenvalue weighted by Crippen LogP contribution is 2.25. The number of phenolic OH excluding ortho intramolecular Hbond substituents is 2. The number of ketones is 1. The summed E-state index contributed by atoms with van der Waals surface area (Å²) < 4.78 is 0. The molecule has 1 rings (SSSR count). The van der Waals surface area contributed by atoms with Crippen LogP contribution in [0.1, 0.15) is 10.4 Å². The maximum Gasteiger partial charge on any atom is 0.199 e. The number of aromatic hydroxyl groups is 2. The summed E-state index contributed by atoms with van der Waals surface area (Å²) in [5, 5.41) is 18.1. The lowest BCUT2D eigenvalue weighted by atomic mass is 10.1. The van der Waals surface area contributed by atoms with Crippen LogP contribution in [-0.2, 0) is 0 Å². The molecule has 70 valence electrons. The normalized spacial score (nSPS) is 10.4. The van der Waals surface area contributed by atoms with Gasteiger partial charge in [-0.1, -0.05) is 23.2 Å². The van der Waals surface area contributed by atoms with Crippen molar-refractivity contribution in [2.75, 3.05) is 0 Å². The first-order chi connectivity index (χ1) is 6.02. The van der Waals surface area contributed by atoms with Gasteiger partial charge in [0.1, 0.15) is 11.5 Å². The summed E-state index contributed by atoms with van der Waals surface area (Å²) in [6, 6.07) is 3.57. The van der Waals surface area contributed by atoms with E-state index in [0.717, 1.165) is 6.07 Å². The second-order valence-electron chi connectivity index (χ2n) is 2.37. The largest absolute Gasteiger partial charge is 0.508 e. The van der Waals surface area contributed by atoms with Crippen molar-refractivity contribution in [2.24, 2.45) is 0 Å². The van der Waals surface area contributed by atoms with Crippen LogP contribution in [0, 0.1) is 0 Å². The summed E-state index contributed by atoms with van der Waals surface area (Å²) in [5.41, 5.74) is -0.00667. The zero-order valence-corrected chi connectivity index (χ0v) is 7.88. The first-order valence-corrected chi connectivity index (χ1v) is 4.24. The number of phenols is 2. The maximum absolute atomic E-state index is 11.2. The lowest BCUT2D eigenvalue weighted by Crippen LogP contribution is -2.07. The van der Waals surface area contributed by atoms with E-state index >= 15 is 0 Å². The van der Waals surface area contributed by atoms with Crippen molar-refractivity contribution in [3.05, 3.63) is 23.8 Å². The van der Waals surface area contributed by atoms with E-state index in [1.54, 1.807) is 0 Å². The Balaban J connectivity index is 3.09. The van der Waals surface area contributed by atoms with Gasteiger partial charge in [-0.15, -0.1) is 0 Å². The summed E-state index contributed by atoms with van der Waals surface area (Å²) in [4.78, 5) is 9.96. The second-order valence-corrected chi connectivity index (χ2v) is 3.46. The monoisotopic (exact) mass is 220 g/mol. The highest BCUT2D eigenvalue weighted by atomic mass is 35.5. The van der Waals surface area contributed by atoms with Gasteiger partial charge in [0.05, 0.1) is 5.56 Å². The molecule has 0 atom stereocenters. The molecule has 0 aliphatic rings. The Morgan fingerprint density at radius 1 is 1.31 bits per heavy atom. The minimum absolute atomic E-state index is 0.00667. The van der Waals surface area contributed by atoms with Gasteiger partial charge in [-0.05, 0) is 12.1 Å². The van der Waals surface area contributed by atoms with Crippen LogP contribution < -0.4 is 0 Å². The van der Waals surface area contributed by atoms with Crippen LogP contribution in [0.2, 0.25) is 0 Å². The van der Waals surface area contributed by atoms with Crippen LogP contribution in [0.25, 0.3) is 0 Å². The number of rotatable bonds is 2. The molecule has 0 fully saturated rings. The lowest BCUT2D eigenvalue weighted by Gasteiger charge is -2.03. The fraction of sp³-hybridized carbons (Fsp3) is 0.125. The van der Waals surface area contributed by atoms with E-state index in [1.165, 1.54) is 12.1 Å². The topological polar surface area (TPSA) is 57.5 Å². The van der Waals surface area contributed by atoms with Crippen molar-refractivity contribution in [3.8, 4) is 11.5 Å². The average Bonchev–Trinajstić information content (AvgIpc) is 2.03. The number of benzene rings is 1. The van der Waals surface area contributed by atoms with Crippen LogP contribution in [0.5, 0.6) is 11.5 Å². The van der Waals surface area contributed by atoms with Crippen molar-refractivity contribution in [1.29, 1.82) is 0 Å². The molecule has 0 aliphatic carbocycles. The third-order valence-electron chi connectivity index (χ3n) is 1.44. The number of carbonyl (C=O) groups is 1. The van der Waals surface area contributed by atoms with Crippen LogP contribution >= 0.6 is 23.2 Å². The number of carbonyl (C=O) groups excluding carboxylic acids is 1.